The molecule has 0 radical (unpaired) electrons. The average Bonchev–Trinajstić information content (AvgIpc) is 2.15. The Labute approximate surface area is 83.9 Å². The van der Waals surface area contributed by atoms with Crippen LogP contribution in [0.2, 0.25) is 0 Å². The van der Waals surface area contributed by atoms with Crippen LogP contribution in [0.4, 0.5) is 0 Å². The van der Waals surface area contributed by atoms with Crippen LogP contribution >= 0.6 is 0 Å². The van der Waals surface area contributed by atoms with Gasteiger partial charge in [-0.3, -0.25) is 4.79 Å². The molecule has 2 nitrogen and oxygen atoms in total. The number of Topliss-reactive ketones (excluding diaryl/α,β-unsaturated/α-hetero) is 1. The normalized spacial score (nSPS) is 16.5. The second-order valence-electron chi connectivity index (χ2n) is 3.65. The Kier molecular flexibility index (Phi) is 2.53. The Bertz CT molecular complexity index is 319. The first-order chi connectivity index (χ1) is 6.79. The molecule has 0 aliphatic heterocycles. The van der Waals surface area contributed by atoms with Crippen molar-refractivity contribution in [1.29, 1.82) is 0 Å². The fourth-order valence-electron chi connectivity index (χ4n) is 1.73. The first-order valence-corrected chi connectivity index (χ1v) is 5.04. The van der Waals surface area contributed by atoms with E-state index in [1.807, 2.05) is 19.1 Å². The summed E-state index contributed by atoms with van der Waals surface area (Å²) in [4.78, 5) is 10.8. The fourth-order valence-corrected chi connectivity index (χ4v) is 1.73. The van der Waals surface area contributed by atoms with Crippen molar-refractivity contribution >= 4 is 5.78 Å². The number of rotatable bonds is 3. The molecular weight excluding hydrogens is 176 g/mol. The Hall–Kier alpha value is -1.31. The minimum absolute atomic E-state index is 0.379. The number of benzene rings is 1. The molecule has 1 aliphatic carbocycles. The van der Waals surface area contributed by atoms with Crippen LogP contribution in [0.3, 0.4) is 0 Å². The van der Waals surface area contributed by atoms with Gasteiger partial charge in [0.1, 0.15) is 11.5 Å². The summed E-state index contributed by atoms with van der Waals surface area (Å²) in [6, 6.07) is 8.06. The van der Waals surface area contributed by atoms with E-state index in [2.05, 4.69) is 12.1 Å². The van der Waals surface area contributed by atoms with Crippen molar-refractivity contribution in [2.24, 2.45) is 0 Å². The van der Waals surface area contributed by atoms with Crippen LogP contribution in [-0.2, 0) is 4.79 Å². The zero-order valence-corrected chi connectivity index (χ0v) is 8.32. The first-order valence-electron chi connectivity index (χ1n) is 5.04. The molecule has 0 heterocycles. The highest BCUT2D eigenvalue weighted by atomic mass is 16.5. The lowest BCUT2D eigenvalue weighted by Gasteiger charge is -2.24. The molecule has 0 spiro atoms. The summed E-state index contributed by atoms with van der Waals surface area (Å²) >= 11 is 0. The van der Waals surface area contributed by atoms with Gasteiger partial charge in [-0.05, 0) is 30.5 Å². The minimum Gasteiger partial charge on any atom is -0.494 e. The first kappa shape index (κ1) is 9.25. The standard InChI is InChI=1S/C12H14O2/c1-2-14-12-5-3-9(4-6-12)10-7-11(13)8-10/h3-6,10H,2,7-8H2,1H3. The zero-order chi connectivity index (χ0) is 9.97. The van der Waals surface area contributed by atoms with Crippen LogP contribution in [-0.4, -0.2) is 12.4 Å². The number of ether oxygens (including phenoxy) is 1. The van der Waals surface area contributed by atoms with Gasteiger partial charge in [-0.2, -0.15) is 0 Å². The van der Waals surface area contributed by atoms with Gasteiger partial charge in [-0.25, -0.2) is 0 Å². The monoisotopic (exact) mass is 190 g/mol. The Morgan fingerprint density at radius 2 is 1.93 bits per heavy atom. The van der Waals surface area contributed by atoms with E-state index >= 15 is 0 Å². The van der Waals surface area contributed by atoms with Gasteiger partial charge in [0.05, 0.1) is 6.61 Å². The average molecular weight is 190 g/mol. The molecule has 0 bridgehead atoms. The van der Waals surface area contributed by atoms with Gasteiger partial charge >= 0.3 is 0 Å². The van der Waals surface area contributed by atoms with E-state index in [1.54, 1.807) is 0 Å². The number of ketones is 1. The molecule has 0 atom stereocenters. The van der Waals surface area contributed by atoms with Crippen LogP contribution in [0, 0.1) is 0 Å². The molecule has 1 fully saturated rings. The van der Waals surface area contributed by atoms with E-state index in [1.165, 1.54) is 5.56 Å². The third kappa shape index (κ3) is 1.79. The number of carbonyl (C=O) groups excluding carboxylic acids is 1. The summed E-state index contributed by atoms with van der Waals surface area (Å²) in [6.07, 6.45) is 1.43. The SMILES string of the molecule is CCOc1ccc(C2CC(=O)C2)cc1. The van der Waals surface area contributed by atoms with Gasteiger partial charge < -0.3 is 4.74 Å². The molecule has 2 rings (SSSR count). The van der Waals surface area contributed by atoms with E-state index in [0.717, 1.165) is 5.75 Å². The quantitative estimate of drug-likeness (QED) is 0.732. The van der Waals surface area contributed by atoms with E-state index in [-0.39, 0.29) is 0 Å². The summed E-state index contributed by atoms with van der Waals surface area (Å²) in [5.74, 6) is 1.74. The van der Waals surface area contributed by atoms with Crippen LogP contribution in [0.1, 0.15) is 31.2 Å². The molecule has 0 amide bonds. The van der Waals surface area contributed by atoms with Crippen molar-refractivity contribution in [2.75, 3.05) is 6.61 Å². The van der Waals surface area contributed by atoms with Gasteiger partial charge in [0.15, 0.2) is 0 Å². The van der Waals surface area contributed by atoms with Crippen molar-refractivity contribution in [3.63, 3.8) is 0 Å². The van der Waals surface area contributed by atoms with E-state index < -0.39 is 0 Å². The molecule has 1 saturated carbocycles. The minimum atomic E-state index is 0.379. The second-order valence-corrected chi connectivity index (χ2v) is 3.65. The van der Waals surface area contributed by atoms with Gasteiger partial charge in [0, 0.05) is 12.8 Å². The molecule has 0 N–H and O–H groups in total. The lowest BCUT2D eigenvalue weighted by Crippen LogP contribution is -2.20. The zero-order valence-electron chi connectivity index (χ0n) is 8.32. The van der Waals surface area contributed by atoms with Gasteiger partial charge in [0.25, 0.3) is 0 Å². The highest BCUT2D eigenvalue weighted by Gasteiger charge is 2.27. The molecular formula is C12H14O2. The molecule has 74 valence electrons. The third-order valence-electron chi connectivity index (χ3n) is 2.61. The molecule has 1 aliphatic rings. The van der Waals surface area contributed by atoms with Crippen molar-refractivity contribution in [1.82, 2.24) is 0 Å². The van der Waals surface area contributed by atoms with Crippen LogP contribution in [0.15, 0.2) is 24.3 Å². The van der Waals surface area contributed by atoms with E-state index in [4.69, 9.17) is 4.74 Å². The summed E-state index contributed by atoms with van der Waals surface area (Å²) < 4.78 is 5.35. The van der Waals surface area contributed by atoms with Gasteiger partial charge in [-0.15, -0.1) is 0 Å². The molecule has 0 saturated heterocycles. The third-order valence-corrected chi connectivity index (χ3v) is 2.61. The largest absolute Gasteiger partial charge is 0.494 e. The molecule has 1 aromatic carbocycles. The predicted molar refractivity (Wildman–Crippen MR) is 54.6 cm³/mol. The van der Waals surface area contributed by atoms with Crippen LogP contribution in [0.5, 0.6) is 5.75 Å². The van der Waals surface area contributed by atoms with Crippen molar-refractivity contribution in [2.45, 2.75) is 25.7 Å². The predicted octanol–water partition coefficient (Wildman–Crippen LogP) is 2.53. The van der Waals surface area contributed by atoms with E-state index in [9.17, 15) is 4.79 Å². The van der Waals surface area contributed by atoms with Crippen molar-refractivity contribution in [3.8, 4) is 5.75 Å². The Morgan fingerprint density at radius 3 is 2.43 bits per heavy atom. The van der Waals surface area contributed by atoms with Crippen LogP contribution < -0.4 is 4.74 Å². The Morgan fingerprint density at radius 1 is 1.29 bits per heavy atom. The number of carbonyl (C=O) groups is 1. The number of hydrogen-bond donors (Lipinski definition) is 0. The lowest BCUT2D eigenvalue weighted by molar-refractivity contribution is -0.124. The molecule has 1 aromatic rings. The van der Waals surface area contributed by atoms with Gasteiger partial charge in [-0.1, -0.05) is 12.1 Å². The van der Waals surface area contributed by atoms with Crippen molar-refractivity contribution in [3.05, 3.63) is 29.8 Å². The van der Waals surface area contributed by atoms with Gasteiger partial charge in [0.2, 0.25) is 0 Å². The summed E-state index contributed by atoms with van der Waals surface area (Å²) in [7, 11) is 0. The molecule has 14 heavy (non-hydrogen) atoms. The summed E-state index contributed by atoms with van der Waals surface area (Å²) in [5.41, 5.74) is 1.26. The fraction of sp³-hybridized carbons (Fsp3) is 0.417. The highest BCUT2D eigenvalue weighted by Crippen LogP contribution is 2.34. The molecule has 0 unspecified atom stereocenters. The topological polar surface area (TPSA) is 26.3 Å². The molecule has 0 aromatic heterocycles. The summed E-state index contributed by atoms with van der Waals surface area (Å²) in [6.45, 7) is 2.67. The second kappa shape index (κ2) is 3.82. The maximum atomic E-state index is 10.8. The lowest BCUT2D eigenvalue weighted by atomic mass is 9.79. The molecule has 2 heteroatoms. The summed E-state index contributed by atoms with van der Waals surface area (Å²) in [5, 5.41) is 0. The van der Waals surface area contributed by atoms with E-state index in [0.29, 0.717) is 31.1 Å². The Balaban J connectivity index is 2.03. The van der Waals surface area contributed by atoms with Crippen LogP contribution in [0.25, 0.3) is 0 Å². The maximum absolute atomic E-state index is 10.8. The smallest absolute Gasteiger partial charge is 0.134 e. The highest BCUT2D eigenvalue weighted by molar-refractivity contribution is 5.86. The maximum Gasteiger partial charge on any atom is 0.134 e. The van der Waals surface area contributed by atoms with Crippen molar-refractivity contribution < 1.29 is 9.53 Å². The number of hydrogen-bond acceptors (Lipinski definition) is 2.